The summed E-state index contributed by atoms with van der Waals surface area (Å²) in [5.41, 5.74) is 1.70. The van der Waals surface area contributed by atoms with E-state index in [1.807, 2.05) is 29.2 Å². The number of sulfonamides is 1. The van der Waals surface area contributed by atoms with Gasteiger partial charge < -0.3 is 15.0 Å². The molecule has 1 fully saturated rings. The minimum Gasteiger partial charge on any atom is -0.497 e. The maximum atomic E-state index is 13.3. The van der Waals surface area contributed by atoms with Crippen molar-refractivity contribution in [3.05, 3.63) is 76.2 Å². The van der Waals surface area contributed by atoms with Gasteiger partial charge in [-0.3, -0.25) is 4.79 Å². The van der Waals surface area contributed by atoms with Crippen LogP contribution in [-0.4, -0.2) is 51.9 Å². The first-order valence-corrected chi connectivity index (χ1v) is 12.7. The van der Waals surface area contributed by atoms with Crippen LogP contribution in [0.3, 0.4) is 0 Å². The molecule has 1 aromatic heterocycles. The van der Waals surface area contributed by atoms with Gasteiger partial charge in [0.25, 0.3) is 5.91 Å². The molecule has 10 heteroatoms. The first-order chi connectivity index (χ1) is 15.9. The molecule has 1 saturated heterocycles. The number of benzene rings is 2. The monoisotopic (exact) mass is 489 g/mol. The average molecular weight is 490 g/mol. The Morgan fingerprint density at radius 3 is 2.52 bits per heavy atom. The van der Waals surface area contributed by atoms with E-state index in [-0.39, 0.29) is 35.2 Å². The highest BCUT2D eigenvalue weighted by Gasteiger charge is 2.32. The molecule has 2 aromatic carbocycles. The predicted molar refractivity (Wildman–Crippen MR) is 126 cm³/mol. The number of carbonyl (C=O) groups is 1. The number of thiophene rings is 1. The van der Waals surface area contributed by atoms with Gasteiger partial charge in [0.2, 0.25) is 10.0 Å². The van der Waals surface area contributed by atoms with Gasteiger partial charge in [-0.2, -0.15) is 4.31 Å². The Labute approximate surface area is 196 Å². The molecule has 174 valence electrons. The highest BCUT2D eigenvalue weighted by atomic mass is 32.2. The van der Waals surface area contributed by atoms with Crippen molar-refractivity contribution in [1.29, 1.82) is 0 Å². The normalized spacial score (nSPS) is 14.8. The van der Waals surface area contributed by atoms with Crippen LogP contribution in [-0.2, 0) is 16.6 Å². The summed E-state index contributed by atoms with van der Waals surface area (Å²) >= 11 is 1.10. The van der Waals surface area contributed by atoms with Crippen molar-refractivity contribution in [3.63, 3.8) is 0 Å². The number of methoxy groups -OCH3 is 1. The van der Waals surface area contributed by atoms with E-state index in [9.17, 15) is 17.6 Å². The number of piperazine rings is 1. The molecule has 0 bridgehead atoms. The standard InChI is InChI=1S/C23H24FN3O4S2/c1-31-20-4-2-3-17(15-20)16-25-23(28)22-21(9-14-32-22)33(29,30)27-12-10-26(11-13-27)19-7-5-18(24)6-8-19/h2-9,14-15H,10-13,16H2,1H3,(H,25,28). The molecule has 1 aliphatic heterocycles. The molecule has 1 N–H and O–H groups in total. The van der Waals surface area contributed by atoms with Crippen LogP contribution in [0.1, 0.15) is 15.2 Å². The molecule has 1 amide bonds. The smallest absolute Gasteiger partial charge is 0.263 e. The number of hydrogen-bond acceptors (Lipinski definition) is 6. The van der Waals surface area contributed by atoms with Crippen molar-refractivity contribution in [3.8, 4) is 5.75 Å². The highest BCUT2D eigenvalue weighted by molar-refractivity contribution is 7.89. The third-order valence-corrected chi connectivity index (χ3v) is 8.45. The summed E-state index contributed by atoms with van der Waals surface area (Å²) < 4.78 is 46.3. The topological polar surface area (TPSA) is 78.9 Å². The van der Waals surface area contributed by atoms with Gasteiger partial charge in [0.1, 0.15) is 21.3 Å². The molecule has 33 heavy (non-hydrogen) atoms. The quantitative estimate of drug-likeness (QED) is 0.551. The second-order valence-electron chi connectivity index (χ2n) is 7.52. The van der Waals surface area contributed by atoms with Crippen LogP contribution in [0.4, 0.5) is 10.1 Å². The van der Waals surface area contributed by atoms with Crippen LogP contribution >= 0.6 is 11.3 Å². The number of amides is 1. The lowest BCUT2D eigenvalue weighted by Gasteiger charge is -2.35. The van der Waals surface area contributed by atoms with Crippen LogP contribution in [0.15, 0.2) is 64.9 Å². The lowest BCUT2D eigenvalue weighted by molar-refractivity contribution is 0.0951. The minimum absolute atomic E-state index is 0.0193. The fraction of sp³-hybridized carbons (Fsp3) is 0.261. The Morgan fingerprint density at radius 2 is 1.82 bits per heavy atom. The number of nitrogens with one attached hydrogen (secondary N) is 1. The molecular weight excluding hydrogens is 465 g/mol. The van der Waals surface area contributed by atoms with E-state index >= 15 is 0 Å². The van der Waals surface area contributed by atoms with E-state index in [1.165, 1.54) is 22.5 Å². The summed E-state index contributed by atoms with van der Waals surface area (Å²) in [6.07, 6.45) is 0. The number of ether oxygens (including phenoxy) is 1. The van der Waals surface area contributed by atoms with Crippen molar-refractivity contribution >= 4 is 33.0 Å². The van der Waals surface area contributed by atoms with Crippen molar-refractivity contribution in [2.75, 3.05) is 38.2 Å². The summed E-state index contributed by atoms with van der Waals surface area (Å²) in [7, 11) is -2.25. The SMILES string of the molecule is COc1cccc(CNC(=O)c2sccc2S(=O)(=O)N2CCN(c3ccc(F)cc3)CC2)c1. The van der Waals surface area contributed by atoms with Crippen LogP contribution in [0.2, 0.25) is 0 Å². The van der Waals surface area contributed by atoms with E-state index < -0.39 is 15.9 Å². The molecule has 0 saturated carbocycles. The molecule has 0 radical (unpaired) electrons. The summed E-state index contributed by atoms with van der Waals surface area (Å²) in [6.45, 7) is 1.77. The zero-order valence-electron chi connectivity index (χ0n) is 18.0. The molecule has 7 nitrogen and oxygen atoms in total. The molecular formula is C23H24FN3O4S2. The van der Waals surface area contributed by atoms with E-state index in [0.717, 1.165) is 22.6 Å². The Hall–Kier alpha value is -2.95. The van der Waals surface area contributed by atoms with E-state index in [0.29, 0.717) is 18.8 Å². The van der Waals surface area contributed by atoms with Crippen molar-refractivity contribution in [2.24, 2.45) is 0 Å². The lowest BCUT2D eigenvalue weighted by atomic mass is 10.2. The molecule has 4 rings (SSSR count). The number of nitrogens with zero attached hydrogens (tertiary/aromatic N) is 2. The van der Waals surface area contributed by atoms with Gasteiger partial charge in [-0.25, -0.2) is 12.8 Å². The summed E-state index contributed by atoms with van der Waals surface area (Å²) in [6, 6.07) is 14.9. The molecule has 0 atom stereocenters. The number of anilines is 1. The van der Waals surface area contributed by atoms with Gasteiger partial charge in [0.15, 0.2) is 0 Å². The number of halogens is 1. The van der Waals surface area contributed by atoms with Gasteiger partial charge >= 0.3 is 0 Å². The summed E-state index contributed by atoms with van der Waals surface area (Å²) in [5.74, 6) is -0.0631. The largest absolute Gasteiger partial charge is 0.497 e. The molecule has 0 aliphatic carbocycles. The minimum atomic E-state index is -3.82. The fourth-order valence-electron chi connectivity index (χ4n) is 3.69. The Bertz CT molecular complexity index is 1220. The van der Waals surface area contributed by atoms with Gasteiger partial charge in [-0.1, -0.05) is 12.1 Å². The Morgan fingerprint density at radius 1 is 1.09 bits per heavy atom. The van der Waals surface area contributed by atoms with E-state index in [4.69, 9.17) is 4.74 Å². The number of carbonyl (C=O) groups excluding carboxylic acids is 1. The van der Waals surface area contributed by atoms with Gasteiger partial charge in [-0.05, 0) is 53.4 Å². The van der Waals surface area contributed by atoms with Crippen LogP contribution in [0.25, 0.3) is 0 Å². The third-order valence-electron chi connectivity index (χ3n) is 5.47. The number of rotatable bonds is 7. The Balaban J connectivity index is 1.42. The molecule has 3 aromatic rings. The fourth-order valence-corrected chi connectivity index (χ4v) is 6.43. The highest BCUT2D eigenvalue weighted by Crippen LogP contribution is 2.27. The second kappa shape index (κ2) is 9.90. The zero-order chi connectivity index (χ0) is 23.4. The molecule has 1 aliphatic rings. The maximum absolute atomic E-state index is 13.3. The van der Waals surface area contributed by atoms with E-state index in [1.54, 1.807) is 24.6 Å². The van der Waals surface area contributed by atoms with E-state index in [2.05, 4.69) is 5.32 Å². The summed E-state index contributed by atoms with van der Waals surface area (Å²) in [5, 5.41) is 4.41. The van der Waals surface area contributed by atoms with Gasteiger partial charge in [0, 0.05) is 38.4 Å². The number of hydrogen-bond donors (Lipinski definition) is 1. The van der Waals surface area contributed by atoms with Gasteiger partial charge in [0.05, 0.1) is 7.11 Å². The molecule has 2 heterocycles. The Kier molecular flexibility index (Phi) is 6.96. The van der Waals surface area contributed by atoms with Crippen LogP contribution < -0.4 is 15.0 Å². The van der Waals surface area contributed by atoms with Crippen molar-refractivity contribution in [1.82, 2.24) is 9.62 Å². The lowest BCUT2D eigenvalue weighted by Crippen LogP contribution is -2.48. The first kappa shape index (κ1) is 23.2. The third kappa shape index (κ3) is 5.18. The molecule has 0 spiro atoms. The maximum Gasteiger partial charge on any atom is 0.263 e. The zero-order valence-corrected chi connectivity index (χ0v) is 19.7. The summed E-state index contributed by atoms with van der Waals surface area (Å²) in [4.78, 5) is 15.0. The van der Waals surface area contributed by atoms with Crippen LogP contribution in [0.5, 0.6) is 5.75 Å². The second-order valence-corrected chi connectivity index (χ2v) is 10.3. The van der Waals surface area contributed by atoms with Crippen LogP contribution in [0, 0.1) is 5.82 Å². The average Bonchev–Trinajstić information content (AvgIpc) is 3.34. The van der Waals surface area contributed by atoms with Crippen molar-refractivity contribution in [2.45, 2.75) is 11.4 Å². The predicted octanol–water partition coefficient (Wildman–Crippen LogP) is 3.34. The molecule has 0 unspecified atom stereocenters. The van der Waals surface area contributed by atoms with Crippen molar-refractivity contribution < 1.29 is 22.3 Å². The van der Waals surface area contributed by atoms with Gasteiger partial charge in [-0.15, -0.1) is 11.3 Å². The first-order valence-electron chi connectivity index (χ1n) is 10.4.